The van der Waals surface area contributed by atoms with Gasteiger partial charge in [-0.1, -0.05) is 6.42 Å². The summed E-state index contributed by atoms with van der Waals surface area (Å²) < 4.78 is 0. The standard InChI is InChI=1S/C15H24N4O2S/c1-12-17-10-13(22-12)11-18-15(21)16-7-5-9-19-8-4-2-3-6-14(19)20/h10H,2-9,11H2,1H3,(H2,16,18,21). The van der Waals surface area contributed by atoms with E-state index in [4.69, 9.17) is 0 Å². The monoisotopic (exact) mass is 324 g/mol. The molecule has 1 aliphatic rings. The molecule has 1 aromatic rings. The summed E-state index contributed by atoms with van der Waals surface area (Å²) in [5.74, 6) is 0.252. The Morgan fingerprint density at radius 3 is 3.00 bits per heavy atom. The highest BCUT2D eigenvalue weighted by molar-refractivity contribution is 7.11. The molecule has 3 amide bonds. The lowest BCUT2D eigenvalue weighted by atomic mass is 10.2. The van der Waals surface area contributed by atoms with Crippen LogP contribution in [0.2, 0.25) is 0 Å². The number of hydrogen-bond donors (Lipinski definition) is 2. The molecule has 1 saturated heterocycles. The van der Waals surface area contributed by atoms with Crippen LogP contribution in [-0.4, -0.2) is 41.5 Å². The number of amides is 3. The highest BCUT2D eigenvalue weighted by Crippen LogP contribution is 2.11. The minimum absolute atomic E-state index is 0.173. The molecule has 0 bridgehead atoms. The molecule has 1 aromatic heterocycles. The van der Waals surface area contributed by atoms with Gasteiger partial charge in [-0.05, 0) is 26.2 Å². The van der Waals surface area contributed by atoms with Gasteiger partial charge in [-0.3, -0.25) is 4.79 Å². The van der Waals surface area contributed by atoms with E-state index >= 15 is 0 Å². The van der Waals surface area contributed by atoms with Crippen LogP contribution in [0.25, 0.3) is 0 Å². The van der Waals surface area contributed by atoms with Gasteiger partial charge < -0.3 is 15.5 Å². The Hall–Kier alpha value is -1.63. The first kappa shape index (κ1) is 16.7. The lowest BCUT2D eigenvalue weighted by Gasteiger charge is -2.20. The summed E-state index contributed by atoms with van der Waals surface area (Å²) >= 11 is 1.58. The highest BCUT2D eigenvalue weighted by Gasteiger charge is 2.15. The van der Waals surface area contributed by atoms with E-state index in [2.05, 4.69) is 15.6 Å². The molecule has 0 aromatic carbocycles. The molecule has 0 aliphatic carbocycles. The lowest BCUT2D eigenvalue weighted by molar-refractivity contribution is -0.130. The number of carbonyl (C=O) groups is 2. The number of nitrogens with one attached hydrogen (secondary N) is 2. The van der Waals surface area contributed by atoms with Crippen LogP contribution in [0.4, 0.5) is 4.79 Å². The van der Waals surface area contributed by atoms with Crippen LogP contribution in [0.5, 0.6) is 0 Å². The van der Waals surface area contributed by atoms with E-state index in [1.165, 1.54) is 0 Å². The van der Waals surface area contributed by atoms with E-state index < -0.39 is 0 Å². The molecule has 122 valence electrons. The maximum Gasteiger partial charge on any atom is 0.315 e. The van der Waals surface area contributed by atoms with Crippen molar-refractivity contribution < 1.29 is 9.59 Å². The third-order valence-electron chi connectivity index (χ3n) is 3.65. The van der Waals surface area contributed by atoms with E-state index in [0.29, 0.717) is 19.5 Å². The van der Waals surface area contributed by atoms with E-state index in [-0.39, 0.29) is 11.9 Å². The van der Waals surface area contributed by atoms with Crippen molar-refractivity contribution >= 4 is 23.3 Å². The first-order valence-electron chi connectivity index (χ1n) is 7.86. The fourth-order valence-electron chi connectivity index (χ4n) is 2.46. The predicted molar refractivity (Wildman–Crippen MR) is 86.8 cm³/mol. The molecule has 0 unspecified atom stereocenters. The minimum Gasteiger partial charge on any atom is -0.343 e. The first-order chi connectivity index (χ1) is 10.6. The average Bonchev–Trinajstić information content (AvgIpc) is 2.81. The van der Waals surface area contributed by atoms with Crippen molar-refractivity contribution in [3.63, 3.8) is 0 Å². The number of urea groups is 1. The van der Waals surface area contributed by atoms with Crippen molar-refractivity contribution in [3.8, 4) is 0 Å². The zero-order valence-corrected chi connectivity index (χ0v) is 13.9. The van der Waals surface area contributed by atoms with Gasteiger partial charge in [-0.25, -0.2) is 9.78 Å². The first-order valence-corrected chi connectivity index (χ1v) is 8.67. The number of likely N-dealkylation sites (tertiary alicyclic amines) is 1. The Bertz CT molecular complexity index is 503. The van der Waals surface area contributed by atoms with Crippen LogP contribution in [0.1, 0.15) is 42.0 Å². The summed E-state index contributed by atoms with van der Waals surface area (Å²) in [5.41, 5.74) is 0. The summed E-state index contributed by atoms with van der Waals surface area (Å²) in [4.78, 5) is 30.6. The molecule has 6 nitrogen and oxygen atoms in total. The van der Waals surface area contributed by atoms with Gasteiger partial charge in [-0.2, -0.15) is 0 Å². The van der Waals surface area contributed by atoms with E-state index in [0.717, 1.165) is 48.7 Å². The Morgan fingerprint density at radius 1 is 1.36 bits per heavy atom. The number of nitrogens with zero attached hydrogens (tertiary/aromatic N) is 2. The van der Waals surface area contributed by atoms with Gasteiger partial charge in [0, 0.05) is 37.1 Å². The van der Waals surface area contributed by atoms with Gasteiger partial charge in [-0.15, -0.1) is 11.3 Å². The highest BCUT2D eigenvalue weighted by atomic mass is 32.1. The lowest BCUT2D eigenvalue weighted by Crippen LogP contribution is -2.37. The molecular weight excluding hydrogens is 300 g/mol. The molecule has 2 N–H and O–H groups in total. The third kappa shape index (κ3) is 5.63. The zero-order valence-electron chi connectivity index (χ0n) is 13.1. The largest absolute Gasteiger partial charge is 0.343 e. The molecule has 0 spiro atoms. The fourth-order valence-corrected chi connectivity index (χ4v) is 3.20. The molecule has 2 heterocycles. The maximum atomic E-state index is 11.8. The summed E-state index contributed by atoms with van der Waals surface area (Å²) in [7, 11) is 0. The number of carbonyl (C=O) groups excluding carboxylic acids is 2. The Morgan fingerprint density at radius 2 is 2.23 bits per heavy atom. The molecular formula is C15H24N4O2S. The fraction of sp³-hybridized carbons (Fsp3) is 0.667. The SMILES string of the molecule is Cc1ncc(CNC(=O)NCCCN2CCCCCC2=O)s1. The predicted octanol–water partition coefficient (Wildman–Crippen LogP) is 2.04. The number of aryl methyl sites for hydroxylation is 1. The summed E-state index contributed by atoms with van der Waals surface area (Å²) in [6.07, 6.45) is 6.48. The number of hydrogen-bond acceptors (Lipinski definition) is 4. The smallest absolute Gasteiger partial charge is 0.315 e. The third-order valence-corrected chi connectivity index (χ3v) is 4.57. The van der Waals surface area contributed by atoms with Gasteiger partial charge in [0.15, 0.2) is 0 Å². The van der Waals surface area contributed by atoms with Crippen molar-refractivity contribution in [2.75, 3.05) is 19.6 Å². The molecule has 1 fully saturated rings. The summed E-state index contributed by atoms with van der Waals surface area (Å²) in [6, 6.07) is -0.173. The van der Waals surface area contributed by atoms with Gasteiger partial charge in [0.25, 0.3) is 0 Å². The van der Waals surface area contributed by atoms with Crippen molar-refractivity contribution in [2.24, 2.45) is 0 Å². The zero-order chi connectivity index (χ0) is 15.8. The van der Waals surface area contributed by atoms with Crippen LogP contribution in [-0.2, 0) is 11.3 Å². The van der Waals surface area contributed by atoms with Crippen LogP contribution in [0, 0.1) is 6.92 Å². The summed E-state index contributed by atoms with van der Waals surface area (Å²) in [6.45, 7) is 4.61. The molecule has 0 atom stereocenters. The minimum atomic E-state index is -0.173. The summed E-state index contributed by atoms with van der Waals surface area (Å²) in [5, 5.41) is 6.63. The Labute approximate surface area is 135 Å². The Kier molecular flexibility index (Phi) is 6.64. The molecule has 0 radical (unpaired) electrons. The van der Waals surface area contributed by atoms with Crippen molar-refractivity contribution in [2.45, 2.75) is 45.6 Å². The van der Waals surface area contributed by atoms with Crippen molar-refractivity contribution in [1.29, 1.82) is 0 Å². The van der Waals surface area contributed by atoms with Gasteiger partial charge in [0.1, 0.15) is 0 Å². The Balaban J connectivity index is 1.57. The molecule has 2 rings (SSSR count). The second-order valence-corrected chi connectivity index (χ2v) is 6.82. The second kappa shape index (κ2) is 8.73. The second-order valence-electron chi connectivity index (χ2n) is 5.50. The topological polar surface area (TPSA) is 74.3 Å². The van der Waals surface area contributed by atoms with Crippen LogP contribution < -0.4 is 10.6 Å². The normalized spacial score (nSPS) is 15.5. The van der Waals surface area contributed by atoms with Gasteiger partial charge in [0.05, 0.1) is 11.6 Å². The van der Waals surface area contributed by atoms with Crippen molar-refractivity contribution in [1.82, 2.24) is 20.5 Å². The van der Waals surface area contributed by atoms with Crippen LogP contribution in [0.3, 0.4) is 0 Å². The van der Waals surface area contributed by atoms with E-state index in [9.17, 15) is 9.59 Å². The molecule has 1 aliphatic heterocycles. The average molecular weight is 324 g/mol. The van der Waals surface area contributed by atoms with E-state index in [1.807, 2.05) is 11.8 Å². The van der Waals surface area contributed by atoms with E-state index in [1.54, 1.807) is 17.5 Å². The molecule has 0 saturated carbocycles. The quantitative estimate of drug-likeness (QED) is 0.787. The molecule has 7 heteroatoms. The van der Waals surface area contributed by atoms with Gasteiger partial charge in [0.2, 0.25) is 5.91 Å². The van der Waals surface area contributed by atoms with Crippen LogP contribution in [0.15, 0.2) is 6.20 Å². The molecule has 22 heavy (non-hydrogen) atoms. The maximum absolute atomic E-state index is 11.8. The number of rotatable bonds is 6. The number of aromatic nitrogens is 1. The number of thiazole rings is 1. The van der Waals surface area contributed by atoms with Gasteiger partial charge >= 0.3 is 6.03 Å². The van der Waals surface area contributed by atoms with Crippen LogP contribution >= 0.6 is 11.3 Å². The van der Waals surface area contributed by atoms with Crippen molar-refractivity contribution in [3.05, 3.63) is 16.1 Å².